The van der Waals surface area contributed by atoms with Gasteiger partial charge in [0.2, 0.25) is 0 Å². The molecule has 0 amide bonds. The maximum atomic E-state index is 14.2. The summed E-state index contributed by atoms with van der Waals surface area (Å²) in [6.45, 7) is 1.51. The highest BCUT2D eigenvalue weighted by atomic mass is 19.4. The molecule has 5 rings (SSSR count). The Hall–Kier alpha value is -3.34. The minimum atomic E-state index is -4.63. The fourth-order valence-electron chi connectivity index (χ4n) is 4.55. The predicted molar refractivity (Wildman–Crippen MR) is 112 cm³/mol. The third-order valence-electron chi connectivity index (χ3n) is 6.00. The van der Waals surface area contributed by atoms with Crippen LogP contribution in [0.4, 0.5) is 13.2 Å². The molecule has 0 spiro atoms. The molecular weight excluding hydrogens is 425 g/mol. The molecule has 1 aliphatic rings. The minimum absolute atomic E-state index is 0.0742. The molecule has 4 heterocycles. The van der Waals surface area contributed by atoms with Gasteiger partial charge in [-0.05, 0) is 50.2 Å². The molecule has 0 saturated carbocycles. The van der Waals surface area contributed by atoms with E-state index in [1.807, 2.05) is 7.05 Å². The highest BCUT2D eigenvalue weighted by Crippen LogP contribution is 2.40. The minimum Gasteiger partial charge on any atom is -0.493 e. The van der Waals surface area contributed by atoms with Crippen molar-refractivity contribution >= 4 is 16.7 Å². The lowest BCUT2D eigenvalue weighted by atomic mass is 9.99. The second-order valence-corrected chi connectivity index (χ2v) is 8.10. The molecule has 11 heteroatoms. The van der Waals surface area contributed by atoms with Crippen LogP contribution >= 0.6 is 0 Å². The summed E-state index contributed by atoms with van der Waals surface area (Å²) in [5.41, 5.74) is -0.0656. The Kier molecular flexibility index (Phi) is 4.73. The van der Waals surface area contributed by atoms with Gasteiger partial charge in [0.05, 0.1) is 29.7 Å². The van der Waals surface area contributed by atoms with Gasteiger partial charge in [-0.3, -0.25) is 4.57 Å². The molecule has 8 nitrogen and oxygen atoms in total. The maximum absolute atomic E-state index is 14.2. The summed E-state index contributed by atoms with van der Waals surface area (Å²) in [6, 6.07) is 3.74. The number of likely N-dealkylation sites (N-methyl/N-ethyl adjacent to an activating group) is 1. The second kappa shape index (κ2) is 7.37. The average Bonchev–Trinajstić information content (AvgIpc) is 3.34. The number of rotatable bonds is 3. The number of ether oxygens (including phenoxy) is 1. The number of halogens is 3. The number of aromatic amines is 1. The summed E-state index contributed by atoms with van der Waals surface area (Å²) in [7, 11) is 3.36. The number of aromatic nitrogens is 5. The number of pyridine rings is 1. The van der Waals surface area contributed by atoms with Gasteiger partial charge in [-0.15, -0.1) is 0 Å². The van der Waals surface area contributed by atoms with Crippen LogP contribution < -0.4 is 10.4 Å². The van der Waals surface area contributed by atoms with E-state index in [1.165, 1.54) is 40.8 Å². The van der Waals surface area contributed by atoms with Crippen molar-refractivity contribution in [2.45, 2.75) is 25.1 Å². The Balaban J connectivity index is 1.75. The number of nitrogens with one attached hydrogen (secondary N) is 1. The first kappa shape index (κ1) is 20.6. The Morgan fingerprint density at radius 2 is 2.06 bits per heavy atom. The van der Waals surface area contributed by atoms with E-state index >= 15 is 0 Å². The molecule has 4 aromatic rings. The van der Waals surface area contributed by atoms with E-state index in [-0.39, 0.29) is 22.7 Å². The van der Waals surface area contributed by atoms with Gasteiger partial charge >= 0.3 is 11.9 Å². The third-order valence-corrected chi connectivity index (χ3v) is 6.00. The van der Waals surface area contributed by atoms with Crippen molar-refractivity contribution in [1.29, 1.82) is 0 Å². The fraction of sp³-hybridized carbons (Fsp3) is 0.381. The number of benzene rings is 1. The number of hydrogen-bond acceptors (Lipinski definition) is 5. The molecule has 32 heavy (non-hydrogen) atoms. The monoisotopic (exact) mass is 446 g/mol. The zero-order chi connectivity index (χ0) is 22.6. The average molecular weight is 446 g/mol. The molecular formula is C21H21F3N6O2. The SMILES string of the molecule is COc1cc(-c2cc3[nH]c(=O)n([C@@H]4CCCN(C)C4)c3cc2C(F)(F)F)cn2ncnc12. The summed E-state index contributed by atoms with van der Waals surface area (Å²) < 4.78 is 50.6. The predicted octanol–water partition coefficient (Wildman–Crippen LogP) is 3.33. The summed E-state index contributed by atoms with van der Waals surface area (Å²) in [6.07, 6.45) is -0.251. The summed E-state index contributed by atoms with van der Waals surface area (Å²) >= 11 is 0. The van der Waals surface area contributed by atoms with Crippen molar-refractivity contribution in [1.82, 2.24) is 29.0 Å². The van der Waals surface area contributed by atoms with Gasteiger partial charge in [0.25, 0.3) is 0 Å². The first-order chi connectivity index (χ1) is 15.3. The number of likely N-dealkylation sites (tertiary alicyclic amines) is 1. The molecule has 1 N–H and O–H groups in total. The van der Waals surface area contributed by atoms with Gasteiger partial charge in [0, 0.05) is 18.3 Å². The van der Waals surface area contributed by atoms with Crippen LogP contribution in [-0.4, -0.2) is 56.3 Å². The molecule has 0 bridgehead atoms. The number of H-pyrrole nitrogens is 1. The van der Waals surface area contributed by atoms with Crippen molar-refractivity contribution in [3.05, 3.63) is 46.8 Å². The van der Waals surface area contributed by atoms with E-state index in [4.69, 9.17) is 4.74 Å². The molecule has 0 radical (unpaired) electrons. The Morgan fingerprint density at radius 3 is 2.78 bits per heavy atom. The Labute approximate surface area is 180 Å². The zero-order valence-electron chi connectivity index (χ0n) is 17.5. The highest BCUT2D eigenvalue weighted by Gasteiger charge is 2.35. The van der Waals surface area contributed by atoms with E-state index in [2.05, 4.69) is 20.0 Å². The topological polar surface area (TPSA) is 80.5 Å². The molecule has 1 atom stereocenters. The number of hydrogen-bond donors (Lipinski definition) is 1. The number of methoxy groups -OCH3 is 1. The van der Waals surface area contributed by atoms with Crippen molar-refractivity contribution in [2.24, 2.45) is 0 Å². The van der Waals surface area contributed by atoms with E-state index in [0.29, 0.717) is 23.5 Å². The normalized spacial score (nSPS) is 18.0. The van der Waals surface area contributed by atoms with Gasteiger partial charge in [0.1, 0.15) is 6.33 Å². The zero-order valence-corrected chi connectivity index (χ0v) is 17.5. The molecule has 168 valence electrons. The van der Waals surface area contributed by atoms with Crippen LogP contribution in [-0.2, 0) is 6.18 Å². The molecule has 0 aliphatic carbocycles. The van der Waals surface area contributed by atoms with E-state index < -0.39 is 17.4 Å². The van der Waals surface area contributed by atoms with Gasteiger partial charge in [0.15, 0.2) is 11.4 Å². The summed E-state index contributed by atoms with van der Waals surface area (Å²) in [5.74, 6) is 0.296. The first-order valence-corrected chi connectivity index (χ1v) is 10.2. The molecule has 3 aromatic heterocycles. The summed E-state index contributed by atoms with van der Waals surface area (Å²) in [4.78, 5) is 21.7. The number of nitrogens with zero attached hydrogens (tertiary/aromatic N) is 5. The smallest absolute Gasteiger partial charge is 0.417 e. The first-order valence-electron chi connectivity index (χ1n) is 10.2. The van der Waals surface area contributed by atoms with Crippen LogP contribution in [0.5, 0.6) is 5.75 Å². The van der Waals surface area contributed by atoms with Crippen LogP contribution in [0.3, 0.4) is 0 Å². The lowest BCUT2D eigenvalue weighted by Crippen LogP contribution is -2.36. The molecule has 1 fully saturated rings. The van der Waals surface area contributed by atoms with Crippen molar-refractivity contribution in [3.8, 4) is 16.9 Å². The van der Waals surface area contributed by atoms with E-state index in [9.17, 15) is 18.0 Å². The third kappa shape index (κ3) is 3.32. The van der Waals surface area contributed by atoms with Crippen molar-refractivity contribution < 1.29 is 17.9 Å². The van der Waals surface area contributed by atoms with Crippen LogP contribution in [0.15, 0.2) is 35.5 Å². The number of piperidine rings is 1. The van der Waals surface area contributed by atoms with E-state index in [0.717, 1.165) is 25.5 Å². The van der Waals surface area contributed by atoms with Crippen LogP contribution in [0.2, 0.25) is 0 Å². The lowest BCUT2D eigenvalue weighted by Gasteiger charge is -2.30. The van der Waals surface area contributed by atoms with Crippen LogP contribution in [0.25, 0.3) is 27.8 Å². The lowest BCUT2D eigenvalue weighted by molar-refractivity contribution is -0.137. The van der Waals surface area contributed by atoms with Gasteiger partial charge < -0.3 is 14.6 Å². The van der Waals surface area contributed by atoms with Crippen LogP contribution in [0.1, 0.15) is 24.4 Å². The van der Waals surface area contributed by atoms with E-state index in [1.54, 1.807) is 0 Å². The number of fused-ring (bicyclic) bond motifs is 2. The number of alkyl halides is 3. The van der Waals surface area contributed by atoms with Gasteiger partial charge in [-0.1, -0.05) is 0 Å². The fourth-order valence-corrected chi connectivity index (χ4v) is 4.55. The summed E-state index contributed by atoms with van der Waals surface area (Å²) in [5, 5.41) is 4.03. The molecule has 1 aliphatic heterocycles. The van der Waals surface area contributed by atoms with Crippen LogP contribution in [0, 0.1) is 0 Å². The molecule has 0 unspecified atom stereocenters. The Bertz CT molecular complexity index is 1370. The van der Waals surface area contributed by atoms with Gasteiger partial charge in [-0.25, -0.2) is 14.3 Å². The van der Waals surface area contributed by atoms with Gasteiger partial charge in [-0.2, -0.15) is 18.3 Å². The second-order valence-electron chi connectivity index (χ2n) is 8.10. The quantitative estimate of drug-likeness (QED) is 0.522. The maximum Gasteiger partial charge on any atom is 0.417 e. The van der Waals surface area contributed by atoms with Crippen molar-refractivity contribution in [3.63, 3.8) is 0 Å². The molecule has 1 aromatic carbocycles. The molecule has 1 saturated heterocycles. The van der Waals surface area contributed by atoms with Crippen molar-refractivity contribution in [2.75, 3.05) is 27.2 Å². The number of imidazole rings is 1. The standard InChI is InChI=1S/C21H21F3N6O2/c1-28-5-3-4-13(10-28)30-17-8-15(21(22,23)24)14(7-16(17)27-20(30)31)12-6-18(32-2)19-25-11-26-29(19)9-12/h6-9,11,13H,3-5,10H2,1-2H3,(H,27,31)/t13-/m1/s1. The Morgan fingerprint density at radius 1 is 1.25 bits per heavy atom. The highest BCUT2D eigenvalue weighted by molar-refractivity contribution is 5.85. The largest absolute Gasteiger partial charge is 0.493 e.